The summed E-state index contributed by atoms with van der Waals surface area (Å²) >= 11 is 0. The van der Waals surface area contributed by atoms with Gasteiger partial charge < -0.3 is 14.2 Å². The lowest BCUT2D eigenvalue weighted by molar-refractivity contribution is -0.206. The third-order valence-electron chi connectivity index (χ3n) is 8.12. The molecule has 0 spiro atoms. The van der Waals surface area contributed by atoms with Crippen molar-refractivity contribution >= 4 is 17.5 Å². The highest BCUT2D eigenvalue weighted by atomic mass is 19.4. The van der Waals surface area contributed by atoms with Crippen molar-refractivity contribution in [3.63, 3.8) is 0 Å². The molecular formula is C38H46F4O5. The van der Waals surface area contributed by atoms with Gasteiger partial charge in [0.25, 0.3) is 0 Å². The van der Waals surface area contributed by atoms with Crippen molar-refractivity contribution < 1.29 is 41.4 Å². The number of benzene rings is 2. The molecule has 1 aliphatic rings. The van der Waals surface area contributed by atoms with Crippen LogP contribution in [0.2, 0.25) is 0 Å². The van der Waals surface area contributed by atoms with E-state index in [0.717, 1.165) is 55.0 Å². The van der Waals surface area contributed by atoms with Gasteiger partial charge in [0.05, 0.1) is 12.2 Å². The molecular weight excluding hydrogens is 612 g/mol. The van der Waals surface area contributed by atoms with E-state index in [0.29, 0.717) is 6.42 Å². The van der Waals surface area contributed by atoms with Gasteiger partial charge >= 0.3 is 18.1 Å². The van der Waals surface area contributed by atoms with Crippen molar-refractivity contribution in [2.45, 2.75) is 108 Å². The number of esters is 2. The van der Waals surface area contributed by atoms with E-state index in [4.69, 9.17) is 14.2 Å². The number of halogens is 4. The number of hydrogen-bond donors (Lipinski definition) is 0. The quantitative estimate of drug-likeness (QED) is 0.0466. The van der Waals surface area contributed by atoms with E-state index in [2.05, 4.69) is 13.5 Å². The van der Waals surface area contributed by atoms with Gasteiger partial charge in [0.1, 0.15) is 11.6 Å². The Hall–Kier alpha value is -3.72. The van der Waals surface area contributed by atoms with Crippen LogP contribution in [0.4, 0.5) is 17.6 Å². The van der Waals surface area contributed by atoms with Crippen LogP contribution in [0.25, 0.3) is 5.57 Å². The number of ether oxygens (including phenoxy) is 3. The fourth-order valence-corrected chi connectivity index (χ4v) is 5.39. The first-order valence-electron chi connectivity index (χ1n) is 16.6. The summed E-state index contributed by atoms with van der Waals surface area (Å²) in [6.45, 7) is 5.83. The van der Waals surface area contributed by atoms with Crippen LogP contribution in [0.5, 0.6) is 5.75 Å². The predicted octanol–water partition coefficient (Wildman–Crippen LogP) is 10.5. The van der Waals surface area contributed by atoms with Crippen LogP contribution in [0.3, 0.4) is 0 Å². The molecule has 0 aliphatic heterocycles. The van der Waals surface area contributed by atoms with Crippen molar-refractivity contribution in [2.24, 2.45) is 0 Å². The van der Waals surface area contributed by atoms with E-state index in [1.807, 2.05) is 36.4 Å². The maximum Gasteiger partial charge on any atom is 0.425 e. The molecule has 0 saturated heterocycles. The van der Waals surface area contributed by atoms with Gasteiger partial charge in [0.15, 0.2) is 11.7 Å². The maximum absolute atomic E-state index is 15.0. The van der Waals surface area contributed by atoms with E-state index < -0.39 is 47.6 Å². The molecule has 2 unspecified atom stereocenters. The lowest BCUT2D eigenvalue weighted by atomic mass is 9.89. The SMILES string of the molecule is C=CCOC1(C(=O)Oc2ccc(C(=O)OC(CCCCCCCCCCCCC)C(F)(F)F)c(F)c2)C=CC(c2ccccc2)=CC1. The van der Waals surface area contributed by atoms with Gasteiger partial charge in [0, 0.05) is 12.5 Å². The smallest absolute Gasteiger partial charge is 0.425 e. The molecule has 2 atom stereocenters. The number of carbonyl (C=O) groups excluding carboxylic acids is 2. The molecule has 0 heterocycles. The second-order valence-corrected chi connectivity index (χ2v) is 11.8. The monoisotopic (exact) mass is 658 g/mol. The van der Waals surface area contributed by atoms with E-state index in [1.165, 1.54) is 38.2 Å². The minimum atomic E-state index is -4.79. The third-order valence-corrected chi connectivity index (χ3v) is 8.12. The molecule has 47 heavy (non-hydrogen) atoms. The lowest BCUT2D eigenvalue weighted by Gasteiger charge is -2.30. The van der Waals surface area contributed by atoms with Crippen molar-refractivity contribution in [2.75, 3.05) is 6.61 Å². The molecule has 2 aromatic carbocycles. The molecule has 0 radical (unpaired) electrons. The molecule has 0 bridgehead atoms. The summed E-state index contributed by atoms with van der Waals surface area (Å²) in [5, 5.41) is 0. The second kappa shape index (κ2) is 19.2. The van der Waals surface area contributed by atoms with Gasteiger partial charge in [0.2, 0.25) is 0 Å². The Labute approximate surface area is 275 Å². The van der Waals surface area contributed by atoms with Crippen molar-refractivity contribution in [1.82, 2.24) is 0 Å². The highest BCUT2D eigenvalue weighted by Crippen LogP contribution is 2.33. The highest BCUT2D eigenvalue weighted by molar-refractivity contribution is 5.91. The van der Waals surface area contributed by atoms with Gasteiger partial charge in [-0.05, 0) is 42.2 Å². The first kappa shape index (κ1) is 37.7. The third kappa shape index (κ3) is 12.1. The molecule has 0 N–H and O–H groups in total. The molecule has 256 valence electrons. The van der Waals surface area contributed by atoms with Crippen LogP contribution in [0.1, 0.15) is 106 Å². The molecule has 0 amide bonds. The number of alkyl halides is 3. The molecule has 0 fully saturated rings. The summed E-state index contributed by atoms with van der Waals surface area (Å²) < 4.78 is 71.9. The summed E-state index contributed by atoms with van der Waals surface area (Å²) in [7, 11) is 0. The standard InChI is InChI=1S/C38H46F4O5/c1-3-5-6-7-8-9-10-11-12-13-17-20-34(38(40,41)42)47-35(43)32-22-21-31(28-33(32)39)46-36(44)37(45-27-4-2)25-23-30(24-26-37)29-18-15-14-16-19-29/h4,14-16,18-19,21-25,28,34H,2-3,5-13,17,20,26-27H2,1H3. The van der Waals surface area contributed by atoms with Crippen LogP contribution in [0.15, 0.2) is 79.4 Å². The Balaban J connectivity index is 1.54. The molecule has 0 aromatic heterocycles. The second-order valence-electron chi connectivity index (χ2n) is 11.8. The molecule has 9 heteroatoms. The number of unbranched alkanes of at least 4 members (excludes halogenated alkanes) is 10. The van der Waals surface area contributed by atoms with Gasteiger partial charge in [-0.15, -0.1) is 6.58 Å². The Morgan fingerprint density at radius 3 is 2.13 bits per heavy atom. The molecule has 5 nitrogen and oxygen atoms in total. The van der Waals surface area contributed by atoms with Gasteiger partial charge in [-0.1, -0.05) is 120 Å². The van der Waals surface area contributed by atoms with Crippen LogP contribution in [-0.2, 0) is 14.3 Å². The van der Waals surface area contributed by atoms with Crippen LogP contribution >= 0.6 is 0 Å². The zero-order valence-electron chi connectivity index (χ0n) is 27.2. The fraction of sp³-hybridized carbons (Fsp3) is 0.474. The summed E-state index contributed by atoms with van der Waals surface area (Å²) in [6, 6.07) is 12.4. The Morgan fingerprint density at radius 2 is 1.57 bits per heavy atom. The first-order chi connectivity index (χ1) is 22.6. The van der Waals surface area contributed by atoms with Crippen LogP contribution < -0.4 is 4.74 Å². The largest absolute Gasteiger partial charge is 0.449 e. The minimum absolute atomic E-state index is 0.0344. The molecule has 2 aromatic rings. The Bertz CT molecular complexity index is 1350. The van der Waals surface area contributed by atoms with Crippen molar-refractivity contribution in [3.8, 4) is 5.75 Å². The zero-order valence-corrected chi connectivity index (χ0v) is 27.2. The van der Waals surface area contributed by atoms with Crippen LogP contribution in [-0.4, -0.2) is 36.4 Å². The summed E-state index contributed by atoms with van der Waals surface area (Å²) in [4.78, 5) is 25.9. The summed E-state index contributed by atoms with van der Waals surface area (Å²) in [6.07, 6.45) is 10.1. The number of allylic oxidation sites excluding steroid dienone is 2. The van der Waals surface area contributed by atoms with Crippen molar-refractivity contribution in [1.29, 1.82) is 0 Å². The number of carbonyl (C=O) groups is 2. The summed E-state index contributed by atoms with van der Waals surface area (Å²) in [5.74, 6) is -3.70. The minimum Gasteiger partial charge on any atom is -0.449 e. The molecule has 1 aliphatic carbocycles. The topological polar surface area (TPSA) is 61.8 Å². The molecule has 0 saturated carbocycles. The Kier molecular flexibility index (Phi) is 15.4. The van der Waals surface area contributed by atoms with E-state index in [1.54, 1.807) is 12.2 Å². The normalized spacial score (nSPS) is 16.7. The predicted molar refractivity (Wildman–Crippen MR) is 175 cm³/mol. The van der Waals surface area contributed by atoms with Gasteiger partial charge in [-0.2, -0.15) is 13.2 Å². The molecule has 3 rings (SSSR count). The average Bonchev–Trinajstić information content (AvgIpc) is 3.05. The van der Waals surface area contributed by atoms with E-state index >= 15 is 0 Å². The highest BCUT2D eigenvalue weighted by Gasteiger charge is 2.43. The van der Waals surface area contributed by atoms with E-state index in [-0.39, 0.29) is 25.2 Å². The Morgan fingerprint density at radius 1 is 0.936 bits per heavy atom. The van der Waals surface area contributed by atoms with Gasteiger partial charge in [-0.25, -0.2) is 14.0 Å². The first-order valence-corrected chi connectivity index (χ1v) is 16.6. The summed E-state index contributed by atoms with van der Waals surface area (Å²) in [5.41, 5.74) is -0.380. The van der Waals surface area contributed by atoms with E-state index in [9.17, 15) is 27.2 Å². The number of rotatable bonds is 20. The average molecular weight is 659 g/mol. The number of hydrogen-bond acceptors (Lipinski definition) is 5. The maximum atomic E-state index is 15.0. The van der Waals surface area contributed by atoms with Crippen LogP contribution in [0, 0.1) is 5.82 Å². The lowest BCUT2D eigenvalue weighted by Crippen LogP contribution is -2.43. The van der Waals surface area contributed by atoms with Gasteiger partial charge in [-0.3, -0.25) is 0 Å². The van der Waals surface area contributed by atoms with Crippen molar-refractivity contribution in [3.05, 3.63) is 96.4 Å². The fourth-order valence-electron chi connectivity index (χ4n) is 5.39. The zero-order chi connectivity index (χ0) is 34.1.